The number of carbonyl (C=O) groups excluding carboxylic acids is 1. The fraction of sp³-hybridized carbons (Fsp3) is 0.462. The molecule has 2 atom stereocenters. The van der Waals surface area contributed by atoms with Gasteiger partial charge in [-0.2, -0.15) is 13.2 Å². The summed E-state index contributed by atoms with van der Waals surface area (Å²) in [7, 11) is 0. The van der Waals surface area contributed by atoms with Crippen molar-refractivity contribution >= 4 is 5.91 Å². The molecular formula is C13H17F3N2O. The highest BCUT2D eigenvalue weighted by atomic mass is 19.4. The lowest BCUT2D eigenvalue weighted by Crippen LogP contribution is -2.43. The number of nitrogens with one attached hydrogen (secondary N) is 1. The number of hydrogen-bond donors (Lipinski definition) is 2. The van der Waals surface area contributed by atoms with Crippen LogP contribution in [-0.4, -0.2) is 18.1 Å². The maximum Gasteiger partial charge on any atom is 0.389 e. The van der Waals surface area contributed by atoms with Crippen molar-refractivity contribution in [2.75, 3.05) is 0 Å². The lowest BCUT2D eigenvalue weighted by molar-refractivity contribution is -0.138. The molecule has 19 heavy (non-hydrogen) atoms. The van der Waals surface area contributed by atoms with Crippen LogP contribution in [0.15, 0.2) is 30.3 Å². The Hall–Kier alpha value is -1.56. The van der Waals surface area contributed by atoms with Crippen molar-refractivity contribution in [3.8, 4) is 0 Å². The second-order valence-electron chi connectivity index (χ2n) is 4.41. The third kappa shape index (κ3) is 5.74. The number of alkyl halides is 3. The molecule has 0 saturated heterocycles. The molecule has 0 heterocycles. The van der Waals surface area contributed by atoms with Crippen molar-refractivity contribution in [1.29, 1.82) is 0 Å². The fourth-order valence-electron chi connectivity index (χ4n) is 1.76. The second-order valence-corrected chi connectivity index (χ2v) is 4.41. The number of hydrogen-bond acceptors (Lipinski definition) is 2. The highest BCUT2D eigenvalue weighted by Crippen LogP contribution is 2.23. The Morgan fingerprint density at radius 3 is 2.37 bits per heavy atom. The minimum absolute atomic E-state index is 0.244. The van der Waals surface area contributed by atoms with Crippen molar-refractivity contribution in [2.45, 2.75) is 38.0 Å². The Bertz CT molecular complexity index is 406. The maximum absolute atomic E-state index is 12.2. The first-order valence-corrected chi connectivity index (χ1v) is 5.96. The molecule has 1 aromatic rings. The standard InChI is InChI=1S/C13H17F3N2O/c1-9(10-5-3-2-4-6-10)18-11(12(17)19)7-8-13(14,15)16/h2-6,9,11,18H,7-8H2,1H3,(H2,17,19)/t9-,11-/m1/s1. The Balaban J connectivity index is 2.61. The number of benzene rings is 1. The summed E-state index contributed by atoms with van der Waals surface area (Å²) in [6, 6.07) is 7.92. The quantitative estimate of drug-likeness (QED) is 0.837. The average molecular weight is 274 g/mol. The number of halogens is 3. The zero-order valence-corrected chi connectivity index (χ0v) is 10.6. The van der Waals surface area contributed by atoms with Gasteiger partial charge in [-0.25, -0.2) is 0 Å². The van der Waals surface area contributed by atoms with E-state index >= 15 is 0 Å². The number of rotatable bonds is 6. The van der Waals surface area contributed by atoms with Crippen LogP contribution in [0.4, 0.5) is 13.2 Å². The van der Waals surface area contributed by atoms with Gasteiger partial charge in [-0.15, -0.1) is 0 Å². The Morgan fingerprint density at radius 2 is 1.89 bits per heavy atom. The summed E-state index contributed by atoms with van der Waals surface area (Å²) in [5.74, 6) is -0.771. The van der Waals surface area contributed by atoms with E-state index in [4.69, 9.17) is 5.73 Å². The van der Waals surface area contributed by atoms with E-state index in [9.17, 15) is 18.0 Å². The molecule has 0 aliphatic heterocycles. The first-order chi connectivity index (χ1) is 8.79. The van der Waals surface area contributed by atoms with Crippen molar-refractivity contribution in [3.63, 3.8) is 0 Å². The molecule has 1 rings (SSSR count). The van der Waals surface area contributed by atoms with Crippen LogP contribution in [0.25, 0.3) is 0 Å². The van der Waals surface area contributed by atoms with Gasteiger partial charge in [0.15, 0.2) is 0 Å². The number of carbonyl (C=O) groups is 1. The number of primary amides is 1. The summed E-state index contributed by atoms with van der Waals surface area (Å²) in [5.41, 5.74) is 6.01. The largest absolute Gasteiger partial charge is 0.389 e. The van der Waals surface area contributed by atoms with E-state index in [1.807, 2.05) is 30.3 Å². The lowest BCUT2D eigenvalue weighted by Gasteiger charge is -2.21. The Morgan fingerprint density at radius 1 is 1.32 bits per heavy atom. The van der Waals surface area contributed by atoms with Crippen molar-refractivity contribution in [3.05, 3.63) is 35.9 Å². The Kier molecular flexibility index (Phi) is 5.35. The zero-order chi connectivity index (χ0) is 14.5. The molecule has 6 heteroatoms. The summed E-state index contributed by atoms with van der Waals surface area (Å²) < 4.78 is 36.5. The van der Waals surface area contributed by atoms with Gasteiger partial charge < -0.3 is 5.73 Å². The molecule has 0 spiro atoms. The molecule has 3 N–H and O–H groups in total. The topological polar surface area (TPSA) is 55.1 Å². The lowest BCUT2D eigenvalue weighted by atomic mass is 10.1. The van der Waals surface area contributed by atoms with E-state index in [1.54, 1.807) is 6.92 Å². The van der Waals surface area contributed by atoms with E-state index < -0.39 is 24.5 Å². The van der Waals surface area contributed by atoms with Crippen molar-refractivity contribution < 1.29 is 18.0 Å². The molecule has 0 unspecified atom stereocenters. The van der Waals surface area contributed by atoms with E-state index in [-0.39, 0.29) is 12.5 Å². The van der Waals surface area contributed by atoms with Crippen LogP contribution >= 0.6 is 0 Å². The summed E-state index contributed by atoms with van der Waals surface area (Å²) in [5, 5.41) is 2.83. The minimum atomic E-state index is -4.29. The van der Waals surface area contributed by atoms with Gasteiger partial charge in [0.2, 0.25) is 5.91 Å². The van der Waals surface area contributed by atoms with E-state index in [0.29, 0.717) is 0 Å². The number of amides is 1. The molecule has 0 bridgehead atoms. The molecule has 3 nitrogen and oxygen atoms in total. The Labute approximate surface area is 110 Å². The normalized spacial score (nSPS) is 14.9. The van der Waals surface area contributed by atoms with Crippen LogP contribution in [0.1, 0.15) is 31.4 Å². The van der Waals surface area contributed by atoms with Gasteiger partial charge >= 0.3 is 6.18 Å². The minimum Gasteiger partial charge on any atom is -0.368 e. The van der Waals surface area contributed by atoms with E-state index in [1.165, 1.54) is 0 Å². The highest BCUT2D eigenvalue weighted by Gasteiger charge is 2.30. The van der Waals surface area contributed by atoms with E-state index in [0.717, 1.165) is 5.56 Å². The van der Waals surface area contributed by atoms with Gasteiger partial charge in [-0.3, -0.25) is 10.1 Å². The van der Waals surface area contributed by atoms with Gasteiger partial charge in [0, 0.05) is 12.5 Å². The molecule has 0 fully saturated rings. The van der Waals surface area contributed by atoms with Gasteiger partial charge in [0.25, 0.3) is 0 Å². The van der Waals surface area contributed by atoms with E-state index in [2.05, 4.69) is 5.32 Å². The highest BCUT2D eigenvalue weighted by molar-refractivity contribution is 5.79. The average Bonchev–Trinajstić information content (AvgIpc) is 2.33. The molecule has 0 aliphatic rings. The monoisotopic (exact) mass is 274 g/mol. The molecule has 0 saturated carbocycles. The molecule has 1 amide bonds. The van der Waals surface area contributed by atoms with Crippen LogP contribution < -0.4 is 11.1 Å². The molecule has 106 valence electrons. The summed E-state index contributed by atoms with van der Waals surface area (Å²) in [4.78, 5) is 11.2. The van der Waals surface area contributed by atoms with Crippen molar-refractivity contribution in [1.82, 2.24) is 5.32 Å². The van der Waals surface area contributed by atoms with Gasteiger partial charge in [0.05, 0.1) is 6.04 Å². The molecule has 1 aromatic carbocycles. The third-order valence-electron chi connectivity index (χ3n) is 2.81. The third-order valence-corrected chi connectivity index (χ3v) is 2.81. The molecule has 0 radical (unpaired) electrons. The SMILES string of the molecule is C[C@@H](N[C@H](CCC(F)(F)F)C(N)=O)c1ccccc1. The molecule has 0 aromatic heterocycles. The van der Waals surface area contributed by atoms with Crippen LogP contribution in [0.2, 0.25) is 0 Å². The van der Waals surface area contributed by atoms with Crippen LogP contribution in [-0.2, 0) is 4.79 Å². The first kappa shape index (κ1) is 15.5. The van der Waals surface area contributed by atoms with Gasteiger partial charge in [-0.1, -0.05) is 30.3 Å². The molecule has 0 aliphatic carbocycles. The van der Waals surface area contributed by atoms with Crippen LogP contribution in [0.3, 0.4) is 0 Å². The van der Waals surface area contributed by atoms with Gasteiger partial charge in [-0.05, 0) is 18.9 Å². The maximum atomic E-state index is 12.2. The second kappa shape index (κ2) is 6.56. The van der Waals surface area contributed by atoms with Gasteiger partial charge in [0.1, 0.15) is 0 Å². The summed E-state index contributed by atoms with van der Waals surface area (Å²) in [6.07, 6.45) is -5.67. The van der Waals surface area contributed by atoms with Crippen LogP contribution in [0.5, 0.6) is 0 Å². The fourth-order valence-corrected chi connectivity index (χ4v) is 1.76. The smallest absolute Gasteiger partial charge is 0.368 e. The van der Waals surface area contributed by atoms with Crippen molar-refractivity contribution in [2.24, 2.45) is 5.73 Å². The summed E-state index contributed by atoms with van der Waals surface area (Å²) in [6.45, 7) is 1.78. The zero-order valence-electron chi connectivity index (χ0n) is 10.6. The predicted octanol–water partition coefficient (Wildman–Crippen LogP) is 2.53. The predicted molar refractivity (Wildman–Crippen MR) is 66.3 cm³/mol. The molecular weight excluding hydrogens is 257 g/mol. The first-order valence-electron chi connectivity index (χ1n) is 5.96. The van der Waals surface area contributed by atoms with Crippen LogP contribution in [0, 0.1) is 0 Å². The number of nitrogens with two attached hydrogens (primary N) is 1. The summed E-state index contributed by atoms with van der Waals surface area (Å²) >= 11 is 0.